The smallest absolute Gasteiger partial charge is 0.175 e. The minimum Gasteiger partial charge on any atom is -0.360 e. The van der Waals surface area contributed by atoms with Crippen LogP contribution >= 0.6 is 15.9 Å². The van der Waals surface area contributed by atoms with Crippen molar-refractivity contribution in [3.05, 3.63) is 16.6 Å². The van der Waals surface area contributed by atoms with Crippen LogP contribution in [0, 0.1) is 5.82 Å². The SMILES string of the molecule is C[Si](C)(C)CCOCn1cc(F)c(Br)n1. The fourth-order valence-corrected chi connectivity index (χ4v) is 2.04. The molecule has 0 aliphatic rings. The summed E-state index contributed by atoms with van der Waals surface area (Å²) in [5, 5.41) is 3.89. The number of halogens is 2. The van der Waals surface area contributed by atoms with Gasteiger partial charge in [-0.05, 0) is 22.0 Å². The molecular weight excluding hydrogens is 279 g/mol. The van der Waals surface area contributed by atoms with E-state index >= 15 is 0 Å². The van der Waals surface area contributed by atoms with Crippen molar-refractivity contribution in [1.29, 1.82) is 0 Å². The molecule has 0 unspecified atom stereocenters. The topological polar surface area (TPSA) is 27.1 Å². The van der Waals surface area contributed by atoms with Gasteiger partial charge in [0.2, 0.25) is 0 Å². The Morgan fingerprint density at radius 2 is 2.20 bits per heavy atom. The predicted molar refractivity (Wildman–Crippen MR) is 64.0 cm³/mol. The van der Waals surface area contributed by atoms with Crippen LogP contribution in [0.1, 0.15) is 0 Å². The van der Waals surface area contributed by atoms with Crippen LogP contribution in [0.2, 0.25) is 25.7 Å². The first kappa shape index (κ1) is 12.9. The van der Waals surface area contributed by atoms with Crippen LogP contribution < -0.4 is 0 Å². The van der Waals surface area contributed by atoms with Gasteiger partial charge < -0.3 is 4.74 Å². The molecule has 86 valence electrons. The number of hydrogen-bond acceptors (Lipinski definition) is 2. The highest BCUT2D eigenvalue weighted by Gasteiger charge is 2.12. The second kappa shape index (κ2) is 5.22. The maximum atomic E-state index is 12.9. The fraction of sp³-hybridized carbons (Fsp3) is 0.667. The Morgan fingerprint density at radius 3 is 2.67 bits per heavy atom. The average molecular weight is 295 g/mol. The van der Waals surface area contributed by atoms with Gasteiger partial charge in [-0.1, -0.05) is 19.6 Å². The first-order valence-corrected chi connectivity index (χ1v) is 9.35. The lowest BCUT2D eigenvalue weighted by Gasteiger charge is -2.15. The normalized spacial score (nSPS) is 12.1. The Morgan fingerprint density at radius 1 is 1.53 bits per heavy atom. The first-order chi connectivity index (χ1) is 6.88. The van der Waals surface area contributed by atoms with Gasteiger partial charge in [-0.15, -0.1) is 0 Å². The van der Waals surface area contributed by atoms with Gasteiger partial charge in [-0.2, -0.15) is 5.10 Å². The van der Waals surface area contributed by atoms with Gasteiger partial charge in [-0.25, -0.2) is 9.07 Å². The molecular formula is C9H16BrFN2OSi. The Hall–Kier alpha value is -0.203. The zero-order valence-corrected chi connectivity index (χ0v) is 11.8. The largest absolute Gasteiger partial charge is 0.360 e. The maximum Gasteiger partial charge on any atom is 0.175 e. The molecule has 6 heteroatoms. The summed E-state index contributed by atoms with van der Waals surface area (Å²) >= 11 is 3.00. The van der Waals surface area contributed by atoms with E-state index in [0.29, 0.717) is 6.73 Å². The highest BCUT2D eigenvalue weighted by molar-refractivity contribution is 9.10. The molecule has 1 aromatic rings. The molecule has 0 fully saturated rings. The van der Waals surface area contributed by atoms with Gasteiger partial charge >= 0.3 is 0 Å². The third kappa shape index (κ3) is 4.90. The van der Waals surface area contributed by atoms with Crippen molar-refractivity contribution in [1.82, 2.24) is 9.78 Å². The summed E-state index contributed by atoms with van der Waals surface area (Å²) in [4.78, 5) is 0. The van der Waals surface area contributed by atoms with Crippen molar-refractivity contribution in [2.75, 3.05) is 6.61 Å². The van der Waals surface area contributed by atoms with E-state index in [9.17, 15) is 4.39 Å². The lowest BCUT2D eigenvalue weighted by Crippen LogP contribution is -2.22. The van der Waals surface area contributed by atoms with Crippen molar-refractivity contribution >= 4 is 24.0 Å². The van der Waals surface area contributed by atoms with Gasteiger partial charge in [-0.3, -0.25) is 0 Å². The summed E-state index contributed by atoms with van der Waals surface area (Å²) in [6.07, 6.45) is 1.32. The standard InChI is InChI=1S/C9H16BrFN2OSi/c1-15(2,3)5-4-14-7-13-6-8(11)9(10)12-13/h6H,4-5,7H2,1-3H3. The highest BCUT2D eigenvalue weighted by Crippen LogP contribution is 2.12. The van der Waals surface area contributed by atoms with E-state index in [-0.39, 0.29) is 10.4 Å². The Labute approximate surface area is 98.8 Å². The Bertz CT molecular complexity index is 305. The molecule has 3 nitrogen and oxygen atoms in total. The fourth-order valence-electron chi connectivity index (χ4n) is 0.976. The summed E-state index contributed by atoms with van der Waals surface area (Å²) in [6.45, 7) is 7.91. The lowest BCUT2D eigenvalue weighted by molar-refractivity contribution is 0.0782. The molecule has 0 radical (unpaired) electrons. The van der Waals surface area contributed by atoms with Crippen LogP contribution in [0.15, 0.2) is 10.8 Å². The molecule has 0 aliphatic carbocycles. The summed E-state index contributed by atoms with van der Waals surface area (Å²) in [5.41, 5.74) is 0. The first-order valence-electron chi connectivity index (χ1n) is 4.85. The van der Waals surface area contributed by atoms with Crippen LogP contribution in [0.5, 0.6) is 0 Å². The molecule has 1 rings (SSSR count). The Kier molecular flexibility index (Phi) is 4.48. The van der Waals surface area contributed by atoms with E-state index in [1.165, 1.54) is 10.9 Å². The maximum absolute atomic E-state index is 12.9. The molecule has 0 spiro atoms. The second-order valence-electron chi connectivity index (χ2n) is 4.66. The van der Waals surface area contributed by atoms with Crippen LogP contribution in [-0.4, -0.2) is 24.5 Å². The molecule has 1 heterocycles. The zero-order chi connectivity index (χ0) is 11.5. The van der Waals surface area contributed by atoms with E-state index in [0.717, 1.165) is 12.7 Å². The van der Waals surface area contributed by atoms with Crippen molar-refractivity contribution in [3.63, 3.8) is 0 Å². The van der Waals surface area contributed by atoms with E-state index in [1.807, 2.05) is 0 Å². The van der Waals surface area contributed by atoms with Crippen LogP contribution in [0.3, 0.4) is 0 Å². The zero-order valence-electron chi connectivity index (χ0n) is 9.26. The van der Waals surface area contributed by atoms with Crippen LogP contribution in [0.4, 0.5) is 4.39 Å². The molecule has 0 atom stereocenters. The lowest BCUT2D eigenvalue weighted by atomic mass is 10.7. The summed E-state index contributed by atoms with van der Waals surface area (Å²) < 4.78 is 20.0. The monoisotopic (exact) mass is 294 g/mol. The van der Waals surface area contributed by atoms with Gasteiger partial charge in [0.15, 0.2) is 10.4 Å². The molecule has 0 aromatic carbocycles. The number of ether oxygens (including phenoxy) is 1. The van der Waals surface area contributed by atoms with Gasteiger partial charge in [0.25, 0.3) is 0 Å². The number of aromatic nitrogens is 2. The number of rotatable bonds is 5. The van der Waals surface area contributed by atoms with Crippen molar-refractivity contribution in [3.8, 4) is 0 Å². The molecule has 0 saturated heterocycles. The van der Waals surface area contributed by atoms with Crippen molar-refractivity contribution in [2.24, 2.45) is 0 Å². The van der Waals surface area contributed by atoms with Crippen LogP contribution in [-0.2, 0) is 11.5 Å². The van der Waals surface area contributed by atoms with Crippen LogP contribution in [0.25, 0.3) is 0 Å². The molecule has 0 N–H and O–H groups in total. The number of hydrogen-bond donors (Lipinski definition) is 0. The third-order valence-electron chi connectivity index (χ3n) is 1.90. The van der Waals surface area contributed by atoms with E-state index < -0.39 is 8.07 Å². The molecule has 15 heavy (non-hydrogen) atoms. The van der Waals surface area contributed by atoms with E-state index in [4.69, 9.17) is 4.74 Å². The summed E-state index contributed by atoms with van der Waals surface area (Å²) in [6, 6.07) is 1.11. The molecule has 0 saturated carbocycles. The second-order valence-corrected chi connectivity index (χ2v) is 11.0. The molecule has 1 aromatic heterocycles. The van der Waals surface area contributed by atoms with E-state index in [1.54, 1.807) is 0 Å². The molecule has 0 amide bonds. The third-order valence-corrected chi connectivity index (χ3v) is 4.14. The molecule has 0 aliphatic heterocycles. The van der Waals surface area contributed by atoms with E-state index in [2.05, 4.69) is 40.7 Å². The quantitative estimate of drug-likeness (QED) is 0.616. The minimum atomic E-state index is -1.04. The number of nitrogens with zero attached hydrogens (tertiary/aromatic N) is 2. The predicted octanol–water partition coefficient (Wildman–Crippen LogP) is 3.10. The van der Waals surface area contributed by atoms with Gasteiger partial charge in [0.05, 0.1) is 6.20 Å². The molecule has 0 bridgehead atoms. The summed E-state index contributed by atoms with van der Waals surface area (Å²) in [5.74, 6) is -0.358. The average Bonchev–Trinajstić information content (AvgIpc) is 2.39. The van der Waals surface area contributed by atoms with Crippen molar-refractivity contribution < 1.29 is 9.13 Å². The highest BCUT2D eigenvalue weighted by atomic mass is 79.9. The Balaban J connectivity index is 2.26. The minimum absolute atomic E-state index is 0.233. The van der Waals surface area contributed by atoms with Gasteiger partial charge in [0.1, 0.15) is 6.73 Å². The summed E-state index contributed by atoms with van der Waals surface area (Å²) in [7, 11) is -1.04. The van der Waals surface area contributed by atoms with Crippen molar-refractivity contribution in [2.45, 2.75) is 32.4 Å². The van der Waals surface area contributed by atoms with Gasteiger partial charge in [0, 0.05) is 14.7 Å².